The molecule has 0 amide bonds. The molecule has 0 aromatic carbocycles. The fourth-order valence-electron chi connectivity index (χ4n) is 0.924. The van der Waals surface area contributed by atoms with Crippen molar-refractivity contribution in [1.29, 1.82) is 0 Å². The number of guanidine groups is 1. The number of nitrogens with two attached hydrogens (primary N) is 1. The van der Waals surface area contributed by atoms with Gasteiger partial charge in [0.05, 0.1) is 0 Å². The maximum atomic E-state index is 11.0. The average molecular weight is 320 g/mol. The van der Waals surface area contributed by atoms with Crippen LogP contribution in [0.5, 0.6) is 0 Å². The third kappa shape index (κ3) is 7.64. The zero-order valence-corrected chi connectivity index (χ0v) is 12.4. The molecule has 0 atom stereocenters. The molecule has 12 nitrogen and oxygen atoms in total. The zero-order valence-electron chi connectivity index (χ0n) is 12.4. The molecule has 22 heavy (non-hydrogen) atoms. The number of hydrogen-bond donors (Lipinski definition) is 1. The maximum absolute atomic E-state index is 11.0. The summed E-state index contributed by atoms with van der Waals surface area (Å²) in [6, 6.07) is 0. The van der Waals surface area contributed by atoms with E-state index < -0.39 is 36.5 Å². The number of oxime groups is 1. The van der Waals surface area contributed by atoms with Gasteiger partial charge in [0.2, 0.25) is 0 Å². The minimum absolute atomic E-state index is 0.184. The van der Waals surface area contributed by atoms with Crippen LogP contribution in [-0.2, 0) is 38.5 Å². The Bertz CT molecular complexity index is 462. The van der Waals surface area contributed by atoms with Crippen molar-refractivity contribution >= 4 is 29.8 Å². The van der Waals surface area contributed by atoms with Crippen LogP contribution in [0.1, 0.15) is 27.7 Å². The Morgan fingerprint density at radius 3 is 1.64 bits per heavy atom. The first kappa shape index (κ1) is 19.1. The smallest absolute Gasteiger partial charge is 0.337 e. The summed E-state index contributed by atoms with van der Waals surface area (Å²) in [6.07, 6.45) is 0. The van der Waals surface area contributed by atoms with Gasteiger partial charge in [-0.05, 0) is 5.16 Å². The van der Waals surface area contributed by atoms with Crippen molar-refractivity contribution in [2.24, 2.45) is 10.9 Å². The molecule has 0 rings (SSSR count). The lowest BCUT2D eigenvalue weighted by atomic mass is 10.8. The Morgan fingerprint density at radius 2 is 1.32 bits per heavy atom. The minimum atomic E-state index is -0.906. The fourth-order valence-corrected chi connectivity index (χ4v) is 0.924. The lowest BCUT2D eigenvalue weighted by Crippen LogP contribution is -2.48. The molecular formula is C10H16N4O8. The summed E-state index contributed by atoms with van der Waals surface area (Å²) in [6.45, 7) is 3.59. The largest absolute Gasteiger partial charge is 0.348 e. The van der Waals surface area contributed by atoms with Gasteiger partial charge in [-0.1, -0.05) is 0 Å². The van der Waals surface area contributed by atoms with E-state index in [1.165, 1.54) is 0 Å². The normalized spacial score (nSPS) is 10.3. The highest BCUT2D eigenvalue weighted by Crippen LogP contribution is 2.05. The molecule has 0 bridgehead atoms. The van der Waals surface area contributed by atoms with Gasteiger partial charge in [-0.3, -0.25) is 4.79 Å². The van der Waals surface area contributed by atoms with Crippen LogP contribution < -0.4 is 5.73 Å². The molecule has 0 radical (unpaired) electrons. The molecule has 0 aliphatic carbocycles. The Balaban J connectivity index is 5.57. The van der Waals surface area contributed by atoms with Crippen molar-refractivity contribution in [3.8, 4) is 0 Å². The predicted octanol–water partition coefficient (Wildman–Crippen LogP) is -1.22. The molecular weight excluding hydrogens is 304 g/mol. The van der Waals surface area contributed by atoms with Crippen LogP contribution in [0.2, 0.25) is 0 Å². The Labute approximate surface area is 125 Å². The average Bonchev–Trinajstić information content (AvgIpc) is 2.34. The number of carbonyl (C=O) groups excluding carboxylic acids is 4. The van der Waals surface area contributed by atoms with Crippen molar-refractivity contribution in [3.63, 3.8) is 0 Å². The van der Waals surface area contributed by atoms with Crippen molar-refractivity contribution < 1.29 is 38.5 Å². The van der Waals surface area contributed by atoms with Crippen molar-refractivity contribution in [2.45, 2.75) is 27.7 Å². The van der Waals surface area contributed by atoms with E-state index in [4.69, 9.17) is 5.73 Å². The number of rotatable bonds is 2. The van der Waals surface area contributed by atoms with Crippen LogP contribution in [0.3, 0.4) is 0 Å². The topological polar surface area (TPSA) is 150 Å². The second-order valence-corrected chi connectivity index (χ2v) is 3.54. The molecule has 0 aromatic heterocycles. The first-order valence-corrected chi connectivity index (χ1v) is 5.76. The van der Waals surface area contributed by atoms with Gasteiger partial charge in [-0.25, -0.2) is 14.4 Å². The molecule has 0 heterocycles. The summed E-state index contributed by atoms with van der Waals surface area (Å²) in [4.78, 5) is 62.0. The molecule has 0 saturated carbocycles. The van der Waals surface area contributed by atoms with Crippen LogP contribution in [0.15, 0.2) is 5.16 Å². The molecule has 0 saturated heterocycles. The van der Waals surface area contributed by atoms with Gasteiger partial charge in [0, 0.05) is 32.9 Å². The molecule has 0 aromatic rings. The second-order valence-electron chi connectivity index (χ2n) is 3.54. The zero-order chi connectivity index (χ0) is 17.3. The Hall–Kier alpha value is -2.89. The summed E-state index contributed by atoms with van der Waals surface area (Å²) in [7, 11) is 0. The third-order valence-corrected chi connectivity index (χ3v) is 1.47. The van der Waals surface area contributed by atoms with Gasteiger partial charge in [0.25, 0.3) is 0 Å². The van der Waals surface area contributed by atoms with Crippen LogP contribution in [-0.4, -0.2) is 46.8 Å². The van der Waals surface area contributed by atoms with E-state index in [2.05, 4.69) is 24.5 Å². The van der Waals surface area contributed by atoms with Gasteiger partial charge < -0.3 is 25.1 Å². The van der Waals surface area contributed by atoms with E-state index >= 15 is 0 Å². The molecule has 2 N–H and O–H groups in total. The van der Waals surface area contributed by atoms with E-state index in [-0.39, 0.29) is 5.23 Å². The van der Waals surface area contributed by atoms with Crippen LogP contribution >= 0.6 is 0 Å². The Morgan fingerprint density at radius 1 is 0.864 bits per heavy atom. The first-order chi connectivity index (χ1) is 10.2. The van der Waals surface area contributed by atoms with Gasteiger partial charge in [-0.15, -0.1) is 5.06 Å². The van der Waals surface area contributed by atoms with Gasteiger partial charge >= 0.3 is 29.8 Å². The molecule has 0 aliphatic rings. The SMILES string of the molecule is CC(=O)O/N=C(\N(CN)OC(C)=O)N(OC(C)=O)OC(C)=O. The highest BCUT2D eigenvalue weighted by atomic mass is 17.0. The number of carbonyl (C=O) groups is 4. The summed E-state index contributed by atoms with van der Waals surface area (Å²) in [5.41, 5.74) is 5.35. The lowest BCUT2D eigenvalue weighted by molar-refractivity contribution is -0.292. The lowest BCUT2D eigenvalue weighted by Gasteiger charge is -2.26. The van der Waals surface area contributed by atoms with Gasteiger partial charge in [0.15, 0.2) is 0 Å². The van der Waals surface area contributed by atoms with Gasteiger partial charge in [-0.2, -0.15) is 0 Å². The minimum Gasteiger partial charge on any atom is -0.337 e. The second kappa shape index (κ2) is 9.12. The molecule has 12 heteroatoms. The van der Waals surface area contributed by atoms with E-state index in [9.17, 15) is 19.2 Å². The van der Waals surface area contributed by atoms with Crippen LogP contribution in [0.4, 0.5) is 0 Å². The van der Waals surface area contributed by atoms with E-state index in [0.29, 0.717) is 5.06 Å². The molecule has 124 valence electrons. The van der Waals surface area contributed by atoms with E-state index in [0.717, 1.165) is 27.7 Å². The molecule has 0 fully saturated rings. The van der Waals surface area contributed by atoms with Crippen LogP contribution in [0.25, 0.3) is 0 Å². The fraction of sp³-hybridized carbons (Fsp3) is 0.500. The summed E-state index contributed by atoms with van der Waals surface area (Å²) in [5.74, 6) is -4.15. The monoisotopic (exact) mass is 320 g/mol. The van der Waals surface area contributed by atoms with Gasteiger partial charge in [0.1, 0.15) is 6.67 Å². The first-order valence-electron chi connectivity index (χ1n) is 5.76. The highest BCUT2D eigenvalue weighted by molar-refractivity contribution is 5.82. The quantitative estimate of drug-likeness (QED) is 0.214. The number of hydroxylamine groups is 4. The molecule has 0 spiro atoms. The summed E-state index contributed by atoms with van der Waals surface area (Å²) in [5, 5.41) is 4.01. The molecule has 0 unspecified atom stereocenters. The standard InChI is InChI=1S/C10H16N4O8/c1-6(15)19-12-10(13(5-11)20-7(2)16)14(21-8(3)17)22-9(4)18/h5,11H2,1-4H3/b12-10+. The summed E-state index contributed by atoms with van der Waals surface area (Å²) >= 11 is 0. The van der Waals surface area contributed by atoms with E-state index in [1.807, 2.05) is 0 Å². The highest BCUT2D eigenvalue weighted by Gasteiger charge is 2.28. The summed E-state index contributed by atoms with van der Waals surface area (Å²) < 4.78 is 0. The van der Waals surface area contributed by atoms with Crippen LogP contribution in [0, 0.1) is 0 Å². The van der Waals surface area contributed by atoms with Crippen molar-refractivity contribution in [3.05, 3.63) is 0 Å². The number of nitrogens with zero attached hydrogens (tertiary/aromatic N) is 3. The van der Waals surface area contributed by atoms with Crippen molar-refractivity contribution in [2.75, 3.05) is 6.67 Å². The maximum Gasteiger partial charge on any atom is 0.348 e. The predicted molar refractivity (Wildman–Crippen MR) is 67.2 cm³/mol. The van der Waals surface area contributed by atoms with Crippen molar-refractivity contribution in [1.82, 2.24) is 10.3 Å². The van der Waals surface area contributed by atoms with E-state index in [1.54, 1.807) is 0 Å². The third-order valence-electron chi connectivity index (χ3n) is 1.47. The molecule has 0 aliphatic heterocycles. The number of hydrogen-bond acceptors (Lipinski definition) is 10. The Kier molecular flexibility index (Phi) is 7.92.